The maximum absolute atomic E-state index is 10.3. The van der Waals surface area contributed by atoms with Crippen molar-refractivity contribution in [2.75, 3.05) is 0 Å². The van der Waals surface area contributed by atoms with Gasteiger partial charge in [-0.3, -0.25) is 4.79 Å². The van der Waals surface area contributed by atoms with Crippen molar-refractivity contribution >= 4 is 5.91 Å². The van der Waals surface area contributed by atoms with Crippen molar-refractivity contribution in [2.45, 2.75) is 20.3 Å². The Balaban J connectivity index is 3.37. The third-order valence-electron chi connectivity index (χ3n) is 0.866. The molecule has 0 aromatic rings. The highest BCUT2D eigenvalue weighted by Gasteiger charge is 1.78. The van der Waals surface area contributed by atoms with Gasteiger partial charge in [-0.05, 0) is 12.5 Å². The van der Waals surface area contributed by atoms with Gasteiger partial charge in [-0.2, -0.15) is 0 Å². The monoisotopic (exact) mass is 139 g/mol. The SMILES string of the molecule is CC/C=C\C=C\NC(C)=O. The number of carbonyl (C=O) groups is 1. The van der Waals surface area contributed by atoms with Crippen LogP contribution in [0.1, 0.15) is 20.3 Å². The zero-order chi connectivity index (χ0) is 7.82. The van der Waals surface area contributed by atoms with Crippen LogP contribution in [-0.2, 0) is 4.79 Å². The summed E-state index contributed by atoms with van der Waals surface area (Å²) in [6, 6.07) is 0. The first-order valence-electron chi connectivity index (χ1n) is 3.36. The van der Waals surface area contributed by atoms with E-state index < -0.39 is 0 Å². The quantitative estimate of drug-likeness (QED) is 0.591. The Labute approximate surface area is 61.6 Å². The number of nitrogens with one attached hydrogen (secondary N) is 1. The van der Waals surface area contributed by atoms with E-state index in [9.17, 15) is 4.79 Å². The van der Waals surface area contributed by atoms with Crippen LogP contribution >= 0.6 is 0 Å². The lowest BCUT2D eigenvalue weighted by Gasteiger charge is -1.86. The summed E-state index contributed by atoms with van der Waals surface area (Å²) in [7, 11) is 0. The minimum Gasteiger partial charge on any atom is -0.333 e. The molecule has 0 spiro atoms. The maximum Gasteiger partial charge on any atom is 0.220 e. The van der Waals surface area contributed by atoms with E-state index >= 15 is 0 Å². The Hall–Kier alpha value is -1.05. The average Bonchev–Trinajstić information content (AvgIpc) is 1.87. The molecule has 0 fully saturated rings. The molecule has 0 aromatic heterocycles. The summed E-state index contributed by atoms with van der Waals surface area (Å²) in [5.41, 5.74) is 0. The average molecular weight is 139 g/mol. The molecule has 0 rings (SSSR count). The van der Waals surface area contributed by atoms with Crippen molar-refractivity contribution in [3.05, 3.63) is 24.4 Å². The van der Waals surface area contributed by atoms with E-state index in [4.69, 9.17) is 0 Å². The summed E-state index contributed by atoms with van der Waals surface area (Å²) < 4.78 is 0. The van der Waals surface area contributed by atoms with Crippen molar-refractivity contribution < 1.29 is 4.79 Å². The van der Waals surface area contributed by atoms with Gasteiger partial charge in [0.2, 0.25) is 5.91 Å². The molecule has 0 saturated heterocycles. The van der Waals surface area contributed by atoms with Gasteiger partial charge in [0, 0.05) is 13.1 Å². The van der Waals surface area contributed by atoms with Crippen LogP contribution in [0.25, 0.3) is 0 Å². The Kier molecular flexibility index (Phi) is 5.44. The number of carbonyl (C=O) groups excluding carboxylic acids is 1. The molecule has 10 heavy (non-hydrogen) atoms. The molecule has 0 aliphatic carbocycles. The van der Waals surface area contributed by atoms with Crippen LogP contribution in [0, 0.1) is 0 Å². The van der Waals surface area contributed by atoms with Gasteiger partial charge in [-0.15, -0.1) is 0 Å². The Morgan fingerprint density at radius 2 is 2.20 bits per heavy atom. The van der Waals surface area contributed by atoms with E-state index in [-0.39, 0.29) is 5.91 Å². The summed E-state index contributed by atoms with van der Waals surface area (Å²) in [5.74, 6) is -0.0406. The van der Waals surface area contributed by atoms with E-state index in [1.807, 2.05) is 12.2 Å². The van der Waals surface area contributed by atoms with Gasteiger partial charge in [-0.1, -0.05) is 19.1 Å². The first kappa shape index (κ1) is 8.95. The summed E-state index contributed by atoms with van der Waals surface area (Å²) in [6.45, 7) is 3.54. The van der Waals surface area contributed by atoms with Crippen LogP contribution < -0.4 is 5.32 Å². The molecular weight excluding hydrogens is 126 g/mol. The molecule has 0 radical (unpaired) electrons. The van der Waals surface area contributed by atoms with Crippen molar-refractivity contribution in [3.63, 3.8) is 0 Å². The maximum atomic E-state index is 10.3. The van der Waals surface area contributed by atoms with E-state index in [1.54, 1.807) is 12.3 Å². The van der Waals surface area contributed by atoms with Gasteiger partial charge in [0.05, 0.1) is 0 Å². The fourth-order valence-electron chi connectivity index (χ4n) is 0.436. The first-order valence-corrected chi connectivity index (χ1v) is 3.36. The molecule has 0 saturated carbocycles. The second kappa shape index (κ2) is 6.08. The van der Waals surface area contributed by atoms with Crippen LogP contribution in [-0.4, -0.2) is 5.91 Å². The lowest BCUT2D eigenvalue weighted by Crippen LogP contribution is -2.10. The highest BCUT2D eigenvalue weighted by Crippen LogP contribution is 1.79. The van der Waals surface area contributed by atoms with Crippen molar-refractivity contribution in [3.8, 4) is 0 Å². The highest BCUT2D eigenvalue weighted by molar-refractivity contribution is 5.73. The van der Waals surface area contributed by atoms with Crippen molar-refractivity contribution in [1.29, 1.82) is 0 Å². The molecule has 0 unspecified atom stereocenters. The molecule has 0 heterocycles. The Morgan fingerprint density at radius 3 is 2.70 bits per heavy atom. The van der Waals surface area contributed by atoms with Crippen LogP contribution in [0.15, 0.2) is 24.4 Å². The number of rotatable bonds is 3. The van der Waals surface area contributed by atoms with Crippen LogP contribution in [0.4, 0.5) is 0 Å². The Bertz CT molecular complexity index is 147. The van der Waals surface area contributed by atoms with Gasteiger partial charge in [0.15, 0.2) is 0 Å². The first-order chi connectivity index (χ1) is 4.77. The second-order valence-electron chi connectivity index (χ2n) is 1.90. The fourth-order valence-corrected chi connectivity index (χ4v) is 0.436. The third kappa shape index (κ3) is 6.95. The number of hydrogen-bond acceptors (Lipinski definition) is 1. The largest absolute Gasteiger partial charge is 0.333 e. The number of amides is 1. The molecule has 2 heteroatoms. The van der Waals surface area contributed by atoms with Gasteiger partial charge >= 0.3 is 0 Å². The smallest absolute Gasteiger partial charge is 0.220 e. The van der Waals surface area contributed by atoms with Gasteiger partial charge in [-0.25, -0.2) is 0 Å². The molecule has 0 bridgehead atoms. The summed E-state index contributed by atoms with van der Waals surface area (Å²) >= 11 is 0. The predicted octanol–water partition coefficient (Wildman–Crippen LogP) is 1.60. The number of hydrogen-bond donors (Lipinski definition) is 1. The molecule has 0 atom stereocenters. The van der Waals surface area contributed by atoms with Crippen LogP contribution in [0.2, 0.25) is 0 Å². The van der Waals surface area contributed by atoms with E-state index in [0.29, 0.717) is 0 Å². The fraction of sp³-hybridized carbons (Fsp3) is 0.375. The van der Waals surface area contributed by atoms with Gasteiger partial charge < -0.3 is 5.32 Å². The van der Waals surface area contributed by atoms with Gasteiger partial charge in [0.1, 0.15) is 0 Å². The molecule has 56 valence electrons. The molecule has 0 aliphatic heterocycles. The molecule has 0 aliphatic rings. The molecule has 1 N–H and O–H groups in total. The topological polar surface area (TPSA) is 29.1 Å². The van der Waals surface area contributed by atoms with E-state index in [1.165, 1.54) is 6.92 Å². The lowest BCUT2D eigenvalue weighted by molar-refractivity contribution is -0.118. The number of allylic oxidation sites excluding steroid dienone is 3. The highest BCUT2D eigenvalue weighted by atomic mass is 16.1. The van der Waals surface area contributed by atoms with E-state index in [0.717, 1.165) is 6.42 Å². The van der Waals surface area contributed by atoms with Crippen LogP contribution in [0.5, 0.6) is 0 Å². The normalized spacial score (nSPS) is 11.0. The molecule has 1 amide bonds. The molecule has 0 aromatic carbocycles. The van der Waals surface area contributed by atoms with Crippen LogP contribution in [0.3, 0.4) is 0 Å². The minimum absolute atomic E-state index is 0.0406. The summed E-state index contributed by atoms with van der Waals surface area (Å²) in [6.07, 6.45) is 8.35. The van der Waals surface area contributed by atoms with Gasteiger partial charge in [0.25, 0.3) is 0 Å². The Morgan fingerprint density at radius 1 is 1.50 bits per heavy atom. The zero-order valence-electron chi connectivity index (χ0n) is 6.42. The second-order valence-corrected chi connectivity index (χ2v) is 1.90. The van der Waals surface area contributed by atoms with Crippen molar-refractivity contribution in [2.24, 2.45) is 0 Å². The third-order valence-corrected chi connectivity index (χ3v) is 0.866. The lowest BCUT2D eigenvalue weighted by atomic mass is 10.4. The predicted molar refractivity (Wildman–Crippen MR) is 42.4 cm³/mol. The van der Waals surface area contributed by atoms with Crippen molar-refractivity contribution in [1.82, 2.24) is 5.32 Å². The standard InChI is InChI=1S/C8H13NO/c1-3-4-5-6-7-9-8(2)10/h4-7H,3H2,1-2H3,(H,9,10)/b5-4-,7-6+. The molecule has 2 nitrogen and oxygen atoms in total. The minimum atomic E-state index is -0.0406. The zero-order valence-corrected chi connectivity index (χ0v) is 6.42. The summed E-state index contributed by atoms with van der Waals surface area (Å²) in [4.78, 5) is 10.3. The summed E-state index contributed by atoms with van der Waals surface area (Å²) in [5, 5.41) is 2.53. The molecular formula is C8H13NO. The van der Waals surface area contributed by atoms with E-state index in [2.05, 4.69) is 12.2 Å².